The summed E-state index contributed by atoms with van der Waals surface area (Å²) in [6, 6.07) is 0. The molecule has 0 saturated carbocycles. The number of hydrogen-bond donors (Lipinski definition) is 3. The van der Waals surface area contributed by atoms with Crippen molar-refractivity contribution in [2.75, 3.05) is 26.2 Å². The summed E-state index contributed by atoms with van der Waals surface area (Å²) in [5.41, 5.74) is 0. The molecule has 0 aliphatic carbocycles. The first-order valence-corrected chi connectivity index (χ1v) is 6.42. The number of nitrogens with zero attached hydrogens (tertiary/aromatic N) is 1. The van der Waals surface area contributed by atoms with E-state index in [9.17, 15) is 4.79 Å². The van der Waals surface area contributed by atoms with Crippen LogP contribution in [-0.4, -0.2) is 48.2 Å². The van der Waals surface area contributed by atoms with E-state index in [1.807, 2.05) is 0 Å². The van der Waals surface area contributed by atoms with Crippen molar-refractivity contribution in [3.63, 3.8) is 0 Å². The van der Waals surface area contributed by atoms with Crippen LogP contribution in [0.15, 0.2) is 12.4 Å². The lowest BCUT2D eigenvalue weighted by Gasteiger charge is -2.22. The fraction of sp³-hybridized carbons (Fsp3) is 0.667. The highest BCUT2D eigenvalue weighted by Gasteiger charge is 2.14. The molecule has 6 heteroatoms. The summed E-state index contributed by atoms with van der Waals surface area (Å²) in [5, 5.41) is 6.08. The molecule has 0 aromatic carbocycles. The van der Waals surface area contributed by atoms with Crippen molar-refractivity contribution in [2.45, 2.75) is 25.4 Å². The van der Waals surface area contributed by atoms with Crippen LogP contribution in [0.1, 0.15) is 18.7 Å². The average molecular weight is 252 g/mol. The van der Waals surface area contributed by atoms with Gasteiger partial charge in [-0.15, -0.1) is 0 Å². The van der Waals surface area contributed by atoms with E-state index in [0.29, 0.717) is 13.0 Å². The molecule has 1 aromatic rings. The highest BCUT2D eigenvalue weighted by atomic mass is 16.5. The molecule has 1 amide bonds. The Bertz CT molecular complexity index is 347. The van der Waals surface area contributed by atoms with Gasteiger partial charge in [-0.2, -0.15) is 0 Å². The number of imidazole rings is 1. The Kier molecular flexibility index (Phi) is 5.16. The van der Waals surface area contributed by atoms with Crippen molar-refractivity contribution < 1.29 is 9.53 Å². The Labute approximate surface area is 107 Å². The first-order chi connectivity index (χ1) is 8.84. The summed E-state index contributed by atoms with van der Waals surface area (Å²) < 4.78 is 5.56. The first kappa shape index (κ1) is 13.0. The molecule has 0 atom stereocenters. The van der Waals surface area contributed by atoms with Crippen LogP contribution in [0.4, 0.5) is 0 Å². The normalized spacial score (nSPS) is 16.7. The number of aromatic amines is 1. The zero-order valence-corrected chi connectivity index (χ0v) is 10.4. The van der Waals surface area contributed by atoms with Gasteiger partial charge in [0.25, 0.3) is 0 Å². The van der Waals surface area contributed by atoms with Gasteiger partial charge in [0, 0.05) is 25.4 Å². The number of nitrogens with one attached hydrogen (secondary N) is 3. The molecule has 0 spiro atoms. The molecule has 1 aliphatic heterocycles. The maximum absolute atomic E-state index is 11.5. The third-order valence-corrected chi connectivity index (χ3v) is 2.98. The first-order valence-electron chi connectivity index (χ1n) is 6.42. The van der Waals surface area contributed by atoms with Crippen LogP contribution in [0.5, 0.6) is 0 Å². The number of carbonyl (C=O) groups excluding carboxylic acids is 1. The van der Waals surface area contributed by atoms with Gasteiger partial charge in [0.2, 0.25) is 5.91 Å². The Hall–Kier alpha value is -1.40. The third-order valence-electron chi connectivity index (χ3n) is 2.98. The Morgan fingerprint density at radius 3 is 3.06 bits per heavy atom. The number of H-pyrrole nitrogens is 1. The maximum atomic E-state index is 11.5. The minimum atomic E-state index is -0.0555. The van der Waals surface area contributed by atoms with Gasteiger partial charge in [0.1, 0.15) is 12.4 Å². The van der Waals surface area contributed by atoms with Crippen LogP contribution < -0.4 is 10.6 Å². The van der Waals surface area contributed by atoms with Gasteiger partial charge in [-0.3, -0.25) is 4.79 Å². The molecule has 1 aliphatic rings. The molecule has 1 aromatic heterocycles. The van der Waals surface area contributed by atoms with Gasteiger partial charge < -0.3 is 20.4 Å². The molecule has 0 bridgehead atoms. The molecule has 2 heterocycles. The van der Waals surface area contributed by atoms with Crippen LogP contribution in [0, 0.1) is 0 Å². The van der Waals surface area contributed by atoms with Gasteiger partial charge in [0.15, 0.2) is 0 Å². The lowest BCUT2D eigenvalue weighted by Crippen LogP contribution is -2.36. The van der Waals surface area contributed by atoms with E-state index in [-0.39, 0.29) is 18.6 Å². The molecular formula is C12H20N4O2. The number of aromatic nitrogens is 2. The number of carbonyl (C=O) groups is 1. The second kappa shape index (κ2) is 7.13. The van der Waals surface area contributed by atoms with E-state index >= 15 is 0 Å². The Morgan fingerprint density at radius 1 is 1.50 bits per heavy atom. The van der Waals surface area contributed by atoms with E-state index < -0.39 is 0 Å². The van der Waals surface area contributed by atoms with Gasteiger partial charge in [-0.25, -0.2) is 4.98 Å². The number of ether oxygens (including phenoxy) is 1. The largest absolute Gasteiger partial charge is 0.368 e. The summed E-state index contributed by atoms with van der Waals surface area (Å²) in [4.78, 5) is 18.6. The molecule has 6 nitrogen and oxygen atoms in total. The monoisotopic (exact) mass is 252 g/mol. The average Bonchev–Trinajstić information content (AvgIpc) is 2.91. The van der Waals surface area contributed by atoms with Crippen molar-refractivity contribution in [3.05, 3.63) is 18.2 Å². The number of hydrogen-bond acceptors (Lipinski definition) is 4. The van der Waals surface area contributed by atoms with Crippen LogP contribution in [0.2, 0.25) is 0 Å². The zero-order valence-electron chi connectivity index (χ0n) is 10.4. The number of piperidine rings is 1. The van der Waals surface area contributed by atoms with E-state index in [1.165, 1.54) is 0 Å². The van der Waals surface area contributed by atoms with Crippen molar-refractivity contribution >= 4 is 5.91 Å². The fourth-order valence-electron chi connectivity index (χ4n) is 1.96. The molecule has 18 heavy (non-hydrogen) atoms. The van der Waals surface area contributed by atoms with Crippen molar-refractivity contribution in [3.8, 4) is 0 Å². The molecule has 0 radical (unpaired) electrons. The second-order valence-corrected chi connectivity index (χ2v) is 4.40. The SMILES string of the molecule is O=C(COC1CCNCC1)NCCc1ncc[nH]1. The molecule has 3 N–H and O–H groups in total. The molecule has 1 saturated heterocycles. The predicted molar refractivity (Wildman–Crippen MR) is 67.1 cm³/mol. The summed E-state index contributed by atoms with van der Waals surface area (Å²) >= 11 is 0. The van der Waals surface area contributed by atoms with Crippen molar-refractivity contribution in [1.82, 2.24) is 20.6 Å². The lowest BCUT2D eigenvalue weighted by molar-refractivity contribution is -0.128. The minimum Gasteiger partial charge on any atom is -0.368 e. The van der Waals surface area contributed by atoms with Crippen molar-refractivity contribution in [1.29, 1.82) is 0 Å². The van der Waals surface area contributed by atoms with Crippen LogP contribution in [-0.2, 0) is 16.0 Å². The minimum absolute atomic E-state index is 0.0555. The Morgan fingerprint density at radius 2 is 2.33 bits per heavy atom. The highest BCUT2D eigenvalue weighted by molar-refractivity contribution is 5.77. The highest BCUT2D eigenvalue weighted by Crippen LogP contribution is 2.06. The summed E-state index contributed by atoms with van der Waals surface area (Å²) in [6.45, 7) is 2.69. The molecule has 1 fully saturated rings. The van der Waals surface area contributed by atoms with Gasteiger partial charge >= 0.3 is 0 Å². The topological polar surface area (TPSA) is 79.0 Å². The van der Waals surface area contributed by atoms with Gasteiger partial charge in [-0.05, 0) is 25.9 Å². The molecule has 0 unspecified atom stereocenters. The van der Waals surface area contributed by atoms with Gasteiger partial charge in [-0.1, -0.05) is 0 Å². The summed E-state index contributed by atoms with van der Waals surface area (Å²) in [5.74, 6) is 0.828. The van der Waals surface area contributed by atoms with Crippen molar-refractivity contribution in [2.24, 2.45) is 0 Å². The van der Waals surface area contributed by atoms with E-state index in [2.05, 4.69) is 20.6 Å². The molecule has 100 valence electrons. The molecule has 2 rings (SSSR count). The van der Waals surface area contributed by atoms with Crippen LogP contribution in [0.3, 0.4) is 0 Å². The van der Waals surface area contributed by atoms with E-state index in [1.54, 1.807) is 12.4 Å². The zero-order chi connectivity index (χ0) is 12.6. The molecular weight excluding hydrogens is 232 g/mol. The fourth-order valence-corrected chi connectivity index (χ4v) is 1.96. The smallest absolute Gasteiger partial charge is 0.246 e. The second-order valence-electron chi connectivity index (χ2n) is 4.40. The Balaban J connectivity index is 1.54. The van der Waals surface area contributed by atoms with Crippen LogP contribution >= 0.6 is 0 Å². The quantitative estimate of drug-likeness (QED) is 0.657. The number of amides is 1. The predicted octanol–water partition coefficient (Wildman–Crippen LogP) is -0.163. The number of rotatable bonds is 6. The van der Waals surface area contributed by atoms with E-state index in [4.69, 9.17) is 4.74 Å². The van der Waals surface area contributed by atoms with Crippen LogP contribution in [0.25, 0.3) is 0 Å². The summed E-state index contributed by atoms with van der Waals surface area (Å²) in [7, 11) is 0. The third kappa shape index (κ3) is 4.46. The van der Waals surface area contributed by atoms with Gasteiger partial charge in [0.05, 0.1) is 6.10 Å². The maximum Gasteiger partial charge on any atom is 0.246 e. The summed E-state index contributed by atoms with van der Waals surface area (Å²) in [6.07, 6.45) is 6.39. The van der Waals surface area contributed by atoms with E-state index in [0.717, 1.165) is 31.8 Å². The lowest BCUT2D eigenvalue weighted by atomic mass is 10.1. The standard InChI is InChI=1S/C12H20N4O2/c17-12(9-18-10-1-4-13-5-2-10)16-6-3-11-14-7-8-15-11/h7-8,10,13H,1-6,9H2,(H,14,15)(H,16,17).